The monoisotopic (exact) mass is 209 g/mol. The molecule has 84 valence electrons. The molecule has 0 amide bonds. The fourth-order valence-corrected chi connectivity index (χ4v) is 1.27. The van der Waals surface area contributed by atoms with Crippen LogP contribution in [0.25, 0.3) is 0 Å². The Hall–Kier alpha value is -0.900. The van der Waals surface area contributed by atoms with Crippen molar-refractivity contribution in [2.24, 2.45) is 5.73 Å². The highest BCUT2D eigenvalue weighted by molar-refractivity contribution is 5.13. The van der Waals surface area contributed by atoms with Gasteiger partial charge in [-0.15, -0.1) is 0 Å². The Bertz CT molecular complexity index is 358. The number of aromatic nitrogens is 2. The van der Waals surface area contributed by atoms with Crippen molar-refractivity contribution in [3.8, 4) is 0 Å². The molecule has 0 atom stereocenters. The van der Waals surface area contributed by atoms with Gasteiger partial charge in [0.2, 0.25) is 5.89 Å². The lowest BCUT2D eigenvalue weighted by molar-refractivity contribution is 0.222. The topological polar surface area (TPSA) is 64.9 Å². The van der Waals surface area contributed by atoms with E-state index in [4.69, 9.17) is 10.3 Å². The zero-order valence-electron chi connectivity index (χ0n) is 9.87. The molecule has 1 aromatic rings. The van der Waals surface area contributed by atoms with Gasteiger partial charge in [-0.3, -0.25) is 0 Å². The average Bonchev–Trinajstić information content (AvgIpc) is 2.81. The average molecular weight is 209 g/mol. The van der Waals surface area contributed by atoms with Crippen LogP contribution in [0.3, 0.4) is 0 Å². The molecule has 2 rings (SSSR count). The highest BCUT2D eigenvalue weighted by atomic mass is 16.5. The van der Waals surface area contributed by atoms with Crippen molar-refractivity contribution in [2.45, 2.75) is 57.4 Å². The van der Waals surface area contributed by atoms with Crippen LogP contribution in [0.5, 0.6) is 0 Å². The van der Waals surface area contributed by atoms with Gasteiger partial charge in [-0.25, -0.2) is 0 Å². The van der Waals surface area contributed by atoms with Gasteiger partial charge in [0.05, 0.1) is 5.41 Å². The Balaban J connectivity index is 2.27. The molecule has 0 spiro atoms. The number of rotatable bonds is 3. The fraction of sp³-hybridized carbons (Fsp3) is 0.818. The fourth-order valence-electron chi connectivity index (χ4n) is 1.27. The summed E-state index contributed by atoms with van der Waals surface area (Å²) in [4.78, 5) is 4.45. The summed E-state index contributed by atoms with van der Waals surface area (Å²) >= 11 is 0. The Labute approximate surface area is 90.2 Å². The molecular weight excluding hydrogens is 190 g/mol. The number of nitrogens with zero attached hydrogens (tertiary/aromatic N) is 2. The van der Waals surface area contributed by atoms with Crippen LogP contribution in [0.1, 0.15) is 58.2 Å². The van der Waals surface area contributed by atoms with Crippen molar-refractivity contribution in [1.29, 1.82) is 0 Å². The maximum atomic E-state index is 6.12. The highest BCUT2D eigenvalue weighted by Crippen LogP contribution is 2.40. The molecule has 0 bridgehead atoms. The van der Waals surface area contributed by atoms with E-state index < -0.39 is 0 Å². The van der Waals surface area contributed by atoms with Gasteiger partial charge in [0.25, 0.3) is 0 Å². The van der Waals surface area contributed by atoms with E-state index in [0.29, 0.717) is 11.8 Å². The Morgan fingerprint density at radius 2 is 1.87 bits per heavy atom. The Morgan fingerprint density at radius 1 is 1.27 bits per heavy atom. The predicted molar refractivity (Wildman–Crippen MR) is 57.6 cm³/mol. The van der Waals surface area contributed by atoms with Gasteiger partial charge in [-0.2, -0.15) is 4.98 Å². The summed E-state index contributed by atoms with van der Waals surface area (Å²) in [5, 5.41) is 4.02. The summed E-state index contributed by atoms with van der Waals surface area (Å²) in [6.45, 7) is 8.04. The first-order valence-electron chi connectivity index (χ1n) is 5.45. The molecule has 2 N–H and O–H groups in total. The second-order valence-corrected chi connectivity index (χ2v) is 5.58. The SMILES string of the molecule is CC(C)(N)C(C)(C)c1nc(C2CC2)no1. The van der Waals surface area contributed by atoms with Crippen molar-refractivity contribution in [1.82, 2.24) is 10.1 Å². The van der Waals surface area contributed by atoms with Gasteiger partial charge in [-0.1, -0.05) is 5.16 Å². The number of nitrogens with two attached hydrogens (primary N) is 1. The van der Waals surface area contributed by atoms with Crippen LogP contribution in [-0.2, 0) is 5.41 Å². The summed E-state index contributed by atoms with van der Waals surface area (Å²) < 4.78 is 5.32. The molecule has 0 aromatic carbocycles. The van der Waals surface area contributed by atoms with E-state index in [1.807, 2.05) is 27.7 Å². The molecule has 4 nitrogen and oxygen atoms in total. The van der Waals surface area contributed by atoms with E-state index in [0.717, 1.165) is 5.82 Å². The van der Waals surface area contributed by atoms with E-state index in [9.17, 15) is 0 Å². The maximum absolute atomic E-state index is 6.12. The van der Waals surface area contributed by atoms with Gasteiger partial charge in [0, 0.05) is 11.5 Å². The van der Waals surface area contributed by atoms with Gasteiger partial charge < -0.3 is 10.3 Å². The second-order valence-electron chi connectivity index (χ2n) is 5.58. The summed E-state index contributed by atoms with van der Waals surface area (Å²) in [6, 6.07) is 0. The van der Waals surface area contributed by atoms with Crippen LogP contribution >= 0.6 is 0 Å². The lowest BCUT2D eigenvalue weighted by atomic mass is 9.75. The molecular formula is C11H19N3O. The van der Waals surface area contributed by atoms with Gasteiger partial charge in [-0.05, 0) is 40.5 Å². The Morgan fingerprint density at radius 3 is 2.33 bits per heavy atom. The lowest BCUT2D eigenvalue weighted by Gasteiger charge is -2.34. The third-order valence-corrected chi connectivity index (χ3v) is 3.53. The number of hydrogen-bond donors (Lipinski definition) is 1. The number of hydrogen-bond acceptors (Lipinski definition) is 4. The molecule has 1 aromatic heterocycles. The van der Waals surface area contributed by atoms with E-state index in [1.165, 1.54) is 12.8 Å². The minimum absolute atomic E-state index is 0.298. The van der Waals surface area contributed by atoms with Crippen molar-refractivity contribution in [3.63, 3.8) is 0 Å². The molecule has 1 heterocycles. The van der Waals surface area contributed by atoms with Gasteiger partial charge in [0.15, 0.2) is 5.82 Å². The lowest BCUT2D eigenvalue weighted by Crippen LogP contribution is -2.50. The van der Waals surface area contributed by atoms with Crippen molar-refractivity contribution < 1.29 is 4.52 Å². The van der Waals surface area contributed by atoms with Crippen molar-refractivity contribution >= 4 is 0 Å². The van der Waals surface area contributed by atoms with Gasteiger partial charge >= 0.3 is 0 Å². The molecule has 1 aliphatic carbocycles. The quantitative estimate of drug-likeness (QED) is 0.826. The largest absolute Gasteiger partial charge is 0.339 e. The van der Waals surface area contributed by atoms with Crippen LogP contribution in [0.4, 0.5) is 0 Å². The molecule has 0 saturated heterocycles. The third-order valence-electron chi connectivity index (χ3n) is 3.53. The molecule has 0 aliphatic heterocycles. The normalized spacial score (nSPS) is 18.2. The summed E-state index contributed by atoms with van der Waals surface area (Å²) in [5.74, 6) is 2.03. The molecule has 4 heteroatoms. The van der Waals surface area contributed by atoms with Crippen LogP contribution in [0.15, 0.2) is 4.52 Å². The molecule has 1 saturated carbocycles. The van der Waals surface area contributed by atoms with Gasteiger partial charge in [0.1, 0.15) is 0 Å². The third kappa shape index (κ3) is 1.78. The zero-order valence-corrected chi connectivity index (χ0v) is 9.87. The van der Waals surface area contributed by atoms with Crippen LogP contribution in [-0.4, -0.2) is 15.7 Å². The summed E-state index contributed by atoms with van der Waals surface area (Å²) in [6.07, 6.45) is 2.37. The summed E-state index contributed by atoms with van der Waals surface area (Å²) in [5.41, 5.74) is 5.45. The van der Waals surface area contributed by atoms with Crippen molar-refractivity contribution in [3.05, 3.63) is 11.7 Å². The maximum Gasteiger partial charge on any atom is 0.234 e. The van der Waals surface area contributed by atoms with E-state index in [2.05, 4.69) is 10.1 Å². The van der Waals surface area contributed by atoms with Crippen LogP contribution < -0.4 is 5.73 Å². The Kier molecular flexibility index (Phi) is 2.15. The zero-order chi connectivity index (χ0) is 11.3. The van der Waals surface area contributed by atoms with E-state index in [1.54, 1.807) is 0 Å². The standard InChI is InChI=1S/C11H19N3O/c1-10(2,11(3,4)12)9-13-8(14-15-9)7-5-6-7/h7H,5-6,12H2,1-4H3. The smallest absolute Gasteiger partial charge is 0.234 e. The molecule has 1 aliphatic rings. The predicted octanol–water partition coefficient (Wildman–Crippen LogP) is 1.96. The molecule has 1 fully saturated rings. The van der Waals surface area contributed by atoms with Crippen molar-refractivity contribution in [2.75, 3.05) is 0 Å². The van der Waals surface area contributed by atoms with Crippen LogP contribution in [0, 0.1) is 0 Å². The van der Waals surface area contributed by atoms with Crippen LogP contribution in [0.2, 0.25) is 0 Å². The first kappa shape index (κ1) is 10.6. The molecule has 15 heavy (non-hydrogen) atoms. The minimum Gasteiger partial charge on any atom is -0.339 e. The molecule has 0 unspecified atom stereocenters. The highest BCUT2D eigenvalue weighted by Gasteiger charge is 2.41. The first-order valence-corrected chi connectivity index (χ1v) is 5.45. The van der Waals surface area contributed by atoms with E-state index in [-0.39, 0.29) is 11.0 Å². The minimum atomic E-state index is -0.375. The first-order chi connectivity index (χ1) is 6.82. The summed E-state index contributed by atoms with van der Waals surface area (Å²) in [7, 11) is 0. The van der Waals surface area contributed by atoms with E-state index >= 15 is 0 Å². The molecule has 0 radical (unpaired) electrons. The second kappa shape index (κ2) is 3.04.